The average Bonchev–Trinajstić information content (AvgIpc) is 3.17. The number of halogens is 1. The number of carbonyl (C=O) groups is 1. The third kappa shape index (κ3) is 3.24. The van der Waals surface area contributed by atoms with Crippen LogP contribution in [0.2, 0.25) is 0 Å². The highest BCUT2D eigenvalue weighted by Crippen LogP contribution is 2.29. The smallest absolute Gasteiger partial charge is 0.260 e. The van der Waals surface area contributed by atoms with E-state index in [-0.39, 0.29) is 23.4 Å². The molecule has 1 atom stereocenters. The standard InChI is InChI=1S/C16H19FN4O2/c1-10(18-2)8-14-19-16(23-20-14)12-9-11(5-6-13(12)17)21-7-3-4-15(21)22/h5-6,9-10,18H,3-4,7-8H2,1-2H3. The van der Waals surface area contributed by atoms with Crippen molar-refractivity contribution in [1.82, 2.24) is 15.5 Å². The Hall–Kier alpha value is -2.28. The van der Waals surface area contributed by atoms with E-state index in [4.69, 9.17) is 4.52 Å². The Kier molecular flexibility index (Phi) is 4.38. The molecular weight excluding hydrogens is 299 g/mol. The van der Waals surface area contributed by atoms with Crippen LogP contribution in [0.4, 0.5) is 10.1 Å². The van der Waals surface area contributed by atoms with Crippen LogP contribution in [0.5, 0.6) is 0 Å². The molecule has 23 heavy (non-hydrogen) atoms. The van der Waals surface area contributed by atoms with E-state index in [1.54, 1.807) is 17.0 Å². The van der Waals surface area contributed by atoms with Gasteiger partial charge in [-0.2, -0.15) is 4.98 Å². The second-order valence-electron chi connectivity index (χ2n) is 5.72. The maximum absolute atomic E-state index is 14.1. The molecule has 1 fully saturated rings. The molecule has 0 spiro atoms. The van der Waals surface area contributed by atoms with Crippen molar-refractivity contribution in [1.29, 1.82) is 0 Å². The van der Waals surface area contributed by atoms with Gasteiger partial charge in [0.25, 0.3) is 5.89 Å². The Bertz CT molecular complexity index is 716. The Labute approximate surface area is 133 Å². The van der Waals surface area contributed by atoms with Gasteiger partial charge in [-0.15, -0.1) is 0 Å². The number of benzene rings is 1. The van der Waals surface area contributed by atoms with Crippen LogP contribution in [0.25, 0.3) is 11.5 Å². The van der Waals surface area contributed by atoms with E-state index in [1.807, 2.05) is 14.0 Å². The minimum Gasteiger partial charge on any atom is -0.334 e. The molecule has 1 aliphatic rings. The fourth-order valence-electron chi connectivity index (χ4n) is 2.59. The molecule has 1 saturated heterocycles. The molecule has 0 aliphatic carbocycles. The summed E-state index contributed by atoms with van der Waals surface area (Å²) < 4.78 is 19.3. The van der Waals surface area contributed by atoms with E-state index < -0.39 is 5.82 Å². The maximum Gasteiger partial charge on any atom is 0.260 e. The lowest BCUT2D eigenvalue weighted by Crippen LogP contribution is -2.24. The highest BCUT2D eigenvalue weighted by atomic mass is 19.1. The zero-order chi connectivity index (χ0) is 16.4. The average molecular weight is 318 g/mol. The van der Waals surface area contributed by atoms with Gasteiger partial charge in [-0.3, -0.25) is 4.79 Å². The van der Waals surface area contributed by atoms with Crippen molar-refractivity contribution in [2.75, 3.05) is 18.5 Å². The van der Waals surface area contributed by atoms with E-state index in [0.29, 0.717) is 30.9 Å². The third-order valence-electron chi connectivity index (χ3n) is 4.02. The summed E-state index contributed by atoms with van der Waals surface area (Å²) in [5.74, 6) is 0.257. The third-order valence-corrected chi connectivity index (χ3v) is 4.02. The Morgan fingerprint density at radius 2 is 2.30 bits per heavy atom. The van der Waals surface area contributed by atoms with E-state index in [2.05, 4.69) is 15.5 Å². The number of nitrogens with one attached hydrogen (secondary N) is 1. The predicted octanol–water partition coefficient (Wildman–Crippen LogP) is 2.15. The number of carbonyl (C=O) groups excluding carboxylic acids is 1. The number of anilines is 1. The molecule has 0 bridgehead atoms. The summed E-state index contributed by atoms with van der Waals surface area (Å²) in [5.41, 5.74) is 0.880. The molecule has 2 aromatic rings. The summed E-state index contributed by atoms with van der Waals surface area (Å²) in [6, 6.07) is 4.72. The predicted molar refractivity (Wildman–Crippen MR) is 83.5 cm³/mol. The summed E-state index contributed by atoms with van der Waals surface area (Å²) in [6.07, 6.45) is 1.93. The molecule has 2 heterocycles. The summed E-state index contributed by atoms with van der Waals surface area (Å²) in [6.45, 7) is 2.65. The molecule has 1 aromatic heterocycles. The SMILES string of the molecule is CNC(C)Cc1noc(-c2cc(N3CCCC3=O)ccc2F)n1. The number of hydrogen-bond donors (Lipinski definition) is 1. The topological polar surface area (TPSA) is 71.3 Å². The Morgan fingerprint density at radius 1 is 1.48 bits per heavy atom. The molecule has 6 nitrogen and oxygen atoms in total. The quantitative estimate of drug-likeness (QED) is 0.914. The van der Waals surface area contributed by atoms with E-state index >= 15 is 0 Å². The molecule has 1 N–H and O–H groups in total. The Balaban J connectivity index is 1.88. The van der Waals surface area contributed by atoms with Crippen LogP contribution in [0.3, 0.4) is 0 Å². The van der Waals surface area contributed by atoms with Crippen molar-refractivity contribution in [3.63, 3.8) is 0 Å². The zero-order valence-electron chi connectivity index (χ0n) is 13.2. The van der Waals surface area contributed by atoms with Gasteiger partial charge in [-0.1, -0.05) is 5.16 Å². The van der Waals surface area contributed by atoms with E-state index in [9.17, 15) is 9.18 Å². The lowest BCUT2D eigenvalue weighted by molar-refractivity contribution is -0.117. The molecule has 0 radical (unpaired) electrons. The molecule has 1 aromatic carbocycles. The molecule has 0 saturated carbocycles. The van der Waals surface area contributed by atoms with Gasteiger partial charge in [-0.25, -0.2) is 4.39 Å². The summed E-state index contributed by atoms with van der Waals surface area (Å²) in [5, 5.41) is 6.98. The summed E-state index contributed by atoms with van der Waals surface area (Å²) in [7, 11) is 1.85. The largest absolute Gasteiger partial charge is 0.334 e. The van der Waals surface area contributed by atoms with Crippen LogP contribution >= 0.6 is 0 Å². The van der Waals surface area contributed by atoms with Crippen LogP contribution in [-0.2, 0) is 11.2 Å². The number of aromatic nitrogens is 2. The van der Waals surface area contributed by atoms with Crippen LogP contribution in [-0.4, -0.2) is 35.7 Å². The van der Waals surface area contributed by atoms with Crippen LogP contribution in [0, 0.1) is 5.82 Å². The lowest BCUT2D eigenvalue weighted by Gasteiger charge is -2.16. The van der Waals surface area contributed by atoms with Crippen LogP contribution < -0.4 is 10.2 Å². The molecule has 1 aliphatic heterocycles. The van der Waals surface area contributed by atoms with E-state index in [1.165, 1.54) is 6.07 Å². The first-order valence-corrected chi connectivity index (χ1v) is 7.68. The van der Waals surface area contributed by atoms with Crippen molar-refractivity contribution < 1.29 is 13.7 Å². The first-order chi connectivity index (χ1) is 11.1. The van der Waals surface area contributed by atoms with Gasteiger partial charge in [0, 0.05) is 31.1 Å². The van der Waals surface area contributed by atoms with Crippen molar-refractivity contribution in [2.24, 2.45) is 0 Å². The normalized spacial score (nSPS) is 16.1. The van der Waals surface area contributed by atoms with Crippen molar-refractivity contribution >= 4 is 11.6 Å². The van der Waals surface area contributed by atoms with Gasteiger partial charge in [0.2, 0.25) is 5.91 Å². The second kappa shape index (κ2) is 6.45. The highest BCUT2D eigenvalue weighted by molar-refractivity contribution is 5.95. The molecule has 7 heteroatoms. The maximum atomic E-state index is 14.1. The number of likely N-dealkylation sites (N-methyl/N-ethyl adjacent to an activating group) is 1. The summed E-state index contributed by atoms with van der Waals surface area (Å²) in [4.78, 5) is 17.8. The Morgan fingerprint density at radius 3 is 3.00 bits per heavy atom. The van der Waals surface area contributed by atoms with Crippen LogP contribution in [0.1, 0.15) is 25.6 Å². The molecule has 1 amide bonds. The number of nitrogens with zero attached hydrogens (tertiary/aromatic N) is 3. The van der Waals surface area contributed by atoms with Gasteiger partial charge in [-0.05, 0) is 38.6 Å². The monoisotopic (exact) mass is 318 g/mol. The minimum absolute atomic E-state index is 0.0524. The molecular formula is C16H19FN4O2. The van der Waals surface area contributed by atoms with Gasteiger partial charge < -0.3 is 14.7 Å². The first kappa shape index (κ1) is 15.6. The first-order valence-electron chi connectivity index (χ1n) is 7.68. The highest BCUT2D eigenvalue weighted by Gasteiger charge is 2.23. The molecule has 1 unspecified atom stereocenters. The molecule has 3 rings (SSSR count). The minimum atomic E-state index is -0.447. The second-order valence-corrected chi connectivity index (χ2v) is 5.72. The lowest BCUT2D eigenvalue weighted by atomic mass is 10.1. The van der Waals surface area contributed by atoms with E-state index in [0.717, 1.165) is 6.42 Å². The van der Waals surface area contributed by atoms with Crippen molar-refractivity contribution in [3.8, 4) is 11.5 Å². The fraction of sp³-hybridized carbons (Fsp3) is 0.438. The van der Waals surface area contributed by atoms with Crippen LogP contribution in [0.15, 0.2) is 22.7 Å². The van der Waals surface area contributed by atoms with Gasteiger partial charge in [0.05, 0.1) is 5.56 Å². The van der Waals surface area contributed by atoms with Gasteiger partial charge in [0.15, 0.2) is 5.82 Å². The molecule has 122 valence electrons. The number of hydrogen-bond acceptors (Lipinski definition) is 5. The van der Waals surface area contributed by atoms with Crippen molar-refractivity contribution in [2.45, 2.75) is 32.2 Å². The zero-order valence-corrected chi connectivity index (χ0v) is 13.2. The van der Waals surface area contributed by atoms with Gasteiger partial charge in [0.1, 0.15) is 5.82 Å². The summed E-state index contributed by atoms with van der Waals surface area (Å²) >= 11 is 0. The van der Waals surface area contributed by atoms with Gasteiger partial charge >= 0.3 is 0 Å². The number of rotatable bonds is 5. The number of amides is 1. The fourth-order valence-corrected chi connectivity index (χ4v) is 2.59. The van der Waals surface area contributed by atoms with Crippen molar-refractivity contribution in [3.05, 3.63) is 29.8 Å².